The van der Waals surface area contributed by atoms with Gasteiger partial charge in [0.2, 0.25) is 0 Å². The molecule has 0 aromatic heterocycles. The van der Waals surface area contributed by atoms with Crippen LogP contribution in [0.25, 0.3) is 0 Å². The van der Waals surface area contributed by atoms with Gasteiger partial charge in [-0.1, -0.05) is 199 Å². The van der Waals surface area contributed by atoms with E-state index in [1.807, 2.05) is 0 Å². The topological polar surface area (TPSA) is 214 Å². The molecular formula is C56H104O14. The van der Waals surface area contributed by atoms with Crippen molar-refractivity contribution in [2.24, 2.45) is 0 Å². The van der Waals surface area contributed by atoms with Crippen LogP contribution in [-0.2, 0) is 33.2 Å². The van der Waals surface area contributed by atoms with E-state index in [1.165, 1.54) is 148 Å². The van der Waals surface area contributed by atoms with Gasteiger partial charge in [-0.3, -0.25) is 4.79 Å². The summed E-state index contributed by atoms with van der Waals surface area (Å²) >= 11 is 0. The molecule has 0 aromatic carbocycles. The Kier molecular flexibility index (Phi) is 40.4. The van der Waals surface area contributed by atoms with Crippen LogP contribution in [0.15, 0.2) is 24.3 Å². The predicted molar refractivity (Wildman–Crippen MR) is 275 cm³/mol. The van der Waals surface area contributed by atoms with Crippen molar-refractivity contribution >= 4 is 5.97 Å². The van der Waals surface area contributed by atoms with Gasteiger partial charge in [-0.2, -0.15) is 0 Å². The van der Waals surface area contributed by atoms with Gasteiger partial charge >= 0.3 is 5.97 Å². The lowest BCUT2D eigenvalue weighted by molar-refractivity contribution is -0.332. The lowest BCUT2D eigenvalue weighted by Gasteiger charge is -2.42. The van der Waals surface area contributed by atoms with Gasteiger partial charge < -0.3 is 64.2 Å². The molecular weight excluding hydrogens is 897 g/mol. The van der Waals surface area contributed by atoms with Crippen molar-refractivity contribution in [3.8, 4) is 0 Å². The fraction of sp³-hybridized carbons (Fsp3) is 0.911. The fourth-order valence-electron chi connectivity index (χ4n) is 9.08. The number of carbonyl (C=O) groups is 1. The lowest BCUT2D eigenvalue weighted by atomic mass is 9.98. The Hall–Kier alpha value is -1.53. The summed E-state index contributed by atoms with van der Waals surface area (Å²) in [5, 5.41) is 72.3. The molecule has 0 amide bonds. The molecule has 2 aliphatic heterocycles. The molecule has 0 aromatic rings. The number of allylic oxidation sites excluding steroid dienone is 4. The number of hydrogen-bond acceptors (Lipinski definition) is 14. The van der Waals surface area contributed by atoms with Crippen LogP contribution in [0.4, 0.5) is 0 Å². The molecule has 11 unspecified atom stereocenters. The van der Waals surface area contributed by atoms with Crippen molar-refractivity contribution in [3.63, 3.8) is 0 Å². The van der Waals surface area contributed by atoms with Gasteiger partial charge in [-0.05, 0) is 44.9 Å². The van der Waals surface area contributed by atoms with Gasteiger partial charge in [0, 0.05) is 13.0 Å². The van der Waals surface area contributed by atoms with Crippen LogP contribution in [0.1, 0.15) is 226 Å². The van der Waals surface area contributed by atoms with Crippen molar-refractivity contribution in [1.82, 2.24) is 0 Å². The summed E-state index contributed by atoms with van der Waals surface area (Å²) in [6, 6.07) is 0. The molecule has 14 nitrogen and oxygen atoms in total. The molecule has 0 radical (unpaired) electrons. The summed E-state index contributed by atoms with van der Waals surface area (Å²) in [4.78, 5) is 13.0. The molecule has 2 saturated heterocycles. The second kappa shape index (κ2) is 43.8. The van der Waals surface area contributed by atoms with E-state index < -0.39 is 80.7 Å². The third-order valence-electron chi connectivity index (χ3n) is 13.7. The number of rotatable bonds is 46. The number of ether oxygens (including phenoxy) is 6. The standard InChI is InChI=1S/C56H104O14/c1-3-5-7-9-11-13-15-17-19-21-22-24-26-28-30-32-34-36-38-40-65-42-45(68-48(58)39-37-35-33-31-29-27-25-23-20-18-16-14-12-10-8-6-4-2)43-66-55-54(64)52(62)50(60)47(70-55)44-67-56-53(63)51(61)49(59)46(41-57)69-56/h12,14,18,20,45-47,49-57,59-64H,3-11,13,15-17,19,21-44H2,1-2H3/b14-12-,20-18-. The Labute approximate surface area is 424 Å². The summed E-state index contributed by atoms with van der Waals surface area (Å²) in [6.45, 7) is 3.70. The van der Waals surface area contributed by atoms with Crippen molar-refractivity contribution in [2.75, 3.05) is 33.0 Å². The highest BCUT2D eigenvalue weighted by molar-refractivity contribution is 5.69. The second-order valence-electron chi connectivity index (χ2n) is 20.1. The van der Waals surface area contributed by atoms with E-state index in [0.717, 1.165) is 51.4 Å². The lowest BCUT2D eigenvalue weighted by Crippen LogP contribution is -2.61. The Morgan fingerprint density at radius 3 is 1.40 bits per heavy atom. The first-order valence-corrected chi connectivity index (χ1v) is 28.4. The van der Waals surface area contributed by atoms with Crippen LogP contribution >= 0.6 is 0 Å². The zero-order valence-electron chi connectivity index (χ0n) is 44.0. The number of aliphatic hydroxyl groups is 7. The van der Waals surface area contributed by atoms with Crippen LogP contribution in [-0.4, -0.2) is 142 Å². The van der Waals surface area contributed by atoms with Crippen molar-refractivity contribution < 1.29 is 69.0 Å². The average Bonchev–Trinajstić information content (AvgIpc) is 3.36. The highest BCUT2D eigenvalue weighted by Gasteiger charge is 2.47. The minimum Gasteiger partial charge on any atom is -0.457 e. The van der Waals surface area contributed by atoms with Crippen LogP contribution in [0.2, 0.25) is 0 Å². The first kappa shape index (κ1) is 64.6. The average molecular weight is 1000 g/mol. The van der Waals surface area contributed by atoms with Crippen LogP contribution in [0.5, 0.6) is 0 Å². The molecule has 2 fully saturated rings. The summed E-state index contributed by atoms with van der Waals surface area (Å²) in [7, 11) is 0. The van der Waals surface area contributed by atoms with Gasteiger partial charge in [-0.15, -0.1) is 0 Å². The quantitative estimate of drug-likeness (QED) is 0.0172. The molecule has 2 rings (SSSR count). The summed E-state index contributed by atoms with van der Waals surface area (Å²) in [5.74, 6) is -0.380. The molecule has 2 heterocycles. The number of aliphatic hydroxyl groups excluding tert-OH is 7. The zero-order chi connectivity index (χ0) is 50.9. The normalized spacial score (nSPS) is 25.6. The monoisotopic (exact) mass is 1000 g/mol. The summed E-state index contributed by atoms with van der Waals surface area (Å²) in [6.07, 6.45) is 32.3. The molecule has 2 aliphatic rings. The van der Waals surface area contributed by atoms with Gasteiger partial charge in [0.1, 0.15) is 54.9 Å². The van der Waals surface area contributed by atoms with Crippen LogP contribution < -0.4 is 0 Å². The molecule has 7 N–H and O–H groups in total. The predicted octanol–water partition coefficient (Wildman–Crippen LogP) is 9.58. The van der Waals surface area contributed by atoms with Gasteiger partial charge in [0.25, 0.3) is 0 Å². The van der Waals surface area contributed by atoms with Crippen LogP contribution in [0.3, 0.4) is 0 Å². The molecule has 0 bridgehead atoms. The first-order valence-electron chi connectivity index (χ1n) is 28.4. The third kappa shape index (κ3) is 30.6. The highest BCUT2D eigenvalue weighted by atomic mass is 16.7. The Morgan fingerprint density at radius 2 is 0.886 bits per heavy atom. The van der Waals surface area contributed by atoms with Gasteiger partial charge in [0.15, 0.2) is 12.6 Å². The van der Waals surface area contributed by atoms with Gasteiger partial charge in [-0.25, -0.2) is 0 Å². The summed E-state index contributed by atoms with van der Waals surface area (Å²) in [5.41, 5.74) is 0. The number of carbonyl (C=O) groups excluding carboxylic acids is 1. The molecule has 0 saturated carbocycles. The van der Waals surface area contributed by atoms with Crippen molar-refractivity contribution in [2.45, 2.75) is 293 Å². The van der Waals surface area contributed by atoms with E-state index in [9.17, 15) is 40.5 Å². The second-order valence-corrected chi connectivity index (χ2v) is 20.1. The molecule has 11 atom stereocenters. The van der Waals surface area contributed by atoms with E-state index in [-0.39, 0.29) is 25.6 Å². The largest absolute Gasteiger partial charge is 0.457 e. The molecule has 0 spiro atoms. The summed E-state index contributed by atoms with van der Waals surface area (Å²) < 4.78 is 34.4. The van der Waals surface area contributed by atoms with E-state index in [0.29, 0.717) is 13.0 Å². The van der Waals surface area contributed by atoms with Crippen molar-refractivity contribution in [1.29, 1.82) is 0 Å². The Balaban J connectivity index is 1.73. The molecule has 412 valence electrons. The fourth-order valence-corrected chi connectivity index (χ4v) is 9.08. The number of hydrogen-bond donors (Lipinski definition) is 7. The Bertz CT molecular complexity index is 1250. The minimum absolute atomic E-state index is 0.0629. The first-order chi connectivity index (χ1) is 34.1. The van der Waals surface area contributed by atoms with E-state index in [4.69, 9.17) is 28.4 Å². The minimum atomic E-state index is -1.71. The van der Waals surface area contributed by atoms with E-state index >= 15 is 0 Å². The SMILES string of the molecule is CCCCC/C=C\C/C=C\CCCCCCCCCC(=O)OC(COCCCCCCCCCCCCCCCCCCCCC)COC1OC(COC2OC(CO)C(O)C(O)C2O)C(O)C(O)C1O. The zero-order valence-corrected chi connectivity index (χ0v) is 44.0. The van der Waals surface area contributed by atoms with E-state index in [1.54, 1.807) is 0 Å². The molecule has 0 aliphatic carbocycles. The van der Waals surface area contributed by atoms with Gasteiger partial charge in [0.05, 0.1) is 26.4 Å². The van der Waals surface area contributed by atoms with Crippen molar-refractivity contribution in [3.05, 3.63) is 24.3 Å². The number of esters is 1. The van der Waals surface area contributed by atoms with Crippen LogP contribution in [0, 0.1) is 0 Å². The third-order valence-corrected chi connectivity index (χ3v) is 13.7. The maximum absolute atomic E-state index is 13.0. The molecule has 14 heteroatoms. The maximum Gasteiger partial charge on any atom is 0.306 e. The maximum atomic E-state index is 13.0. The highest BCUT2D eigenvalue weighted by Crippen LogP contribution is 2.27. The molecule has 70 heavy (non-hydrogen) atoms. The Morgan fingerprint density at radius 1 is 0.471 bits per heavy atom. The van der Waals surface area contributed by atoms with E-state index in [2.05, 4.69) is 38.2 Å². The number of unbranched alkanes of at least 4 members (excludes halogenated alkanes) is 28. The smallest absolute Gasteiger partial charge is 0.306 e.